The Morgan fingerprint density at radius 3 is 2.50 bits per heavy atom. The molecule has 0 atom stereocenters. The number of aromatic nitrogens is 3. The summed E-state index contributed by atoms with van der Waals surface area (Å²) in [4.78, 5) is 24.3. The van der Waals surface area contributed by atoms with Crippen molar-refractivity contribution in [2.45, 2.75) is 12.7 Å². The van der Waals surface area contributed by atoms with E-state index in [9.17, 15) is 22.8 Å². The molecule has 10 heteroatoms. The summed E-state index contributed by atoms with van der Waals surface area (Å²) in [6.45, 7) is -0.0483. The van der Waals surface area contributed by atoms with Crippen LogP contribution in [0.15, 0.2) is 24.5 Å². The maximum atomic E-state index is 13.2. The molecule has 1 N–H and O–H groups in total. The maximum Gasteiger partial charge on any atom is 0.417 e. The van der Waals surface area contributed by atoms with Gasteiger partial charge in [0.25, 0.3) is 5.91 Å². The molecule has 0 fully saturated rings. The number of rotatable bonds is 4. The fraction of sp³-hybridized carbons (Fsp3) is 0.286. The third kappa shape index (κ3) is 3.53. The Hall–Kier alpha value is -2.91. The van der Waals surface area contributed by atoms with Crippen LogP contribution < -0.4 is 0 Å². The van der Waals surface area contributed by atoms with E-state index in [0.717, 1.165) is 17.0 Å². The number of hydrogen-bond donors (Lipinski definition) is 1. The molecule has 2 aromatic rings. The lowest BCUT2D eigenvalue weighted by molar-refractivity contribution is -0.138. The van der Waals surface area contributed by atoms with Gasteiger partial charge in [0, 0.05) is 14.1 Å². The molecule has 2 rings (SSSR count). The van der Waals surface area contributed by atoms with Crippen LogP contribution in [0, 0.1) is 0 Å². The number of nitrogens with zero attached hydrogens (tertiary/aromatic N) is 4. The van der Waals surface area contributed by atoms with Gasteiger partial charge in [-0.1, -0.05) is 0 Å². The summed E-state index contributed by atoms with van der Waals surface area (Å²) in [7, 11) is 2.96. The van der Waals surface area contributed by atoms with Crippen molar-refractivity contribution in [3.63, 3.8) is 0 Å². The van der Waals surface area contributed by atoms with Gasteiger partial charge < -0.3 is 14.6 Å². The van der Waals surface area contributed by atoms with Crippen molar-refractivity contribution in [3.05, 3.63) is 47.0 Å². The smallest absolute Gasteiger partial charge is 0.417 e. The van der Waals surface area contributed by atoms with Crippen LogP contribution in [-0.2, 0) is 19.8 Å². The van der Waals surface area contributed by atoms with Gasteiger partial charge in [-0.2, -0.15) is 13.2 Å². The first-order valence-corrected chi connectivity index (χ1v) is 6.64. The molecule has 0 radical (unpaired) electrons. The standard InChI is InChI=1S/C14H13F3N4O3/c1-20(6-11-19-18-7-21(11)2)12(22)9-4-3-8(13(23)24)5-10(9)14(15,16)17/h3-5,7H,6H2,1-2H3,(H,23,24). The zero-order valence-electron chi connectivity index (χ0n) is 12.7. The van der Waals surface area contributed by atoms with Crippen LogP contribution in [0.2, 0.25) is 0 Å². The lowest BCUT2D eigenvalue weighted by atomic mass is 10.0. The zero-order chi connectivity index (χ0) is 18.1. The Morgan fingerprint density at radius 1 is 1.33 bits per heavy atom. The van der Waals surface area contributed by atoms with Gasteiger partial charge in [-0.3, -0.25) is 4.79 Å². The molecule has 0 bridgehead atoms. The Bertz CT molecular complexity index is 786. The van der Waals surface area contributed by atoms with Crippen molar-refractivity contribution in [3.8, 4) is 0 Å². The van der Waals surface area contributed by atoms with Crippen molar-refractivity contribution < 1.29 is 27.9 Å². The molecule has 24 heavy (non-hydrogen) atoms. The van der Waals surface area contributed by atoms with Crippen molar-refractivity contribution >= 4 is 11.9 Å². The van der Waals surface area contributed by atoms with Crippen LogP contribution in [0.4, 0.5) is 13.2 Å². The van der Waals surface area contributed by atoms with E-state index in [1.54, 1.807) is 7.05 Å². The lowest BCUT2D eigenvalue weighted by Gasteiger charge is -2.19. The van der Waals surface area contributed by atoms with Gasteiger partial charge in [0.2, 0.25) is 0 Å². The fourth-order valence-corrected chi connectivity index (χ4v) is 2.04. The third-order valence-corrected chi connectivity index (χ3v) is 3.33. The summed E-state index contributed by atoms with van der Waals surface area (Å²) in [6, 6.07) is 2.27. The molecule has 0 aliphatic rings. The highest BCUT2D eigenvalue weighted by Crippen LogP contribution is 2.33. The van der Waals surface area contributed by atoms with E-state index in [0.29, 0.717) is 11.9 Å². The first-order chi connectivity index (χ1) is 11.1. The van der Waals surface area contributed by atoms with Crippen LogP contribution in [0.25, 0.3) is 0 Å². The minimum absolute atomic E-state index is 0.0483. The Morgan fingerprint density at radius 2 is 2.00 bits per heavy atom. The average Bonchev–Trinajstić information content (AvgIpc) is 2.90. The number of carbonyl (C=O) groups is 2. The van der Waals surface area contributed by atoms with Gasteiger partial charge in [-0.05, 0) is 18.2 Å². The largest absolute Gasteiger partial charge is 0.478 e. The topological polar surface area (TPSA) is 88.3 Å². The van der Waals surface area contributed by atoms with Crippen LogP contribution in [-0.4, -0.2) is 43.7 Å². The van der Waals surface area contributed by atoms with Crippen LogP contribution >= 0.6 is 0 Å². The van der Waals surface area contributed by atoms with E-state index < -0.39 is 34.7 Å². The molecule has 0 saturated carbocycles. The number of aromatic carboxylic acids is 1. The lowest BCUT2D eigenvalue weighted by Crippen LogP contribution is -2.29. The SMILES string of the molecule is CN(Cc1nncn1C)C(=O)c1ccc(C(=O)O)cc1C(F)(F)F. The highest BCUT2D eigenvalue weighted by molar-refractivity contribution is 5.97. The molecule has 0 aliphatic heterocycles. The first-order valence-electron chi connectivity index (χ1n) is 6.64. The highest BCUT2D eigenvalue weighted by Gasteiger charge is 2.36. The molecule has 1 aromatic carbocycles. The third-order valence-electron chi connectivity index (χ3n) is 3.33. The molecule has 0 aliphatic carbocycles. The summed E-state index contributed by atoms with van der Waals surface area (Å²) in [5.74, 6) is -2.02. The van der Waals surface area contributed by atoms with Crippen molar-refractivity contribution in [1.82, 2.24) is 19.7 Å². The summed E-state index contributed by atoms with van der Waals surface area (Å²) >= 11 is 0. The quantitative estimate of drug-likeness (QED) is 0.915. The monoisotopic (exact) mass is 342 g/mol. The molecule has 1 aromatic heterocycles. The van der Waals surface area contributed by atoms with Crippen molar-refractivity contribution in [1.29, 1.82) is 0 Å². The van der Waals surface area contributed by atoms with Crippen LogP contribution in [0.3, 0.4) is 0 Å². The Balaban J connectivity index is 2.37. The molecule has 1 amide bonds. The highest BCUT2D eigenvalue weighted by atomic mass is 19.4. The summed E-state index contributed by atoms with van der Waals surface area (Å²) in [5, 5.41) is 16.2. The van der Waals surface area contributed by atoms with E-state index in [2.05, 4.69) is 10.2 Å². The molecule has 1 heterocycles. The number of hydrogen-bond acceptors (Lipinski definition) is 4. The Kier molecular flexibility index (Phi) is 4.58. The van der Waals surface area contributed by atoms with Gasteiger partial charge in [0.15, 0.2) is 5.82 Å². The van der Waals surface area contributed by atoms with Crippen molar-refractivity contribution in [2.24, 2.45) is 7.05 Å². The number of amides is 1. The number of carbonyl (C=O) groups excluding carboxylic acids is 1. The Labute approximate surface area is 134 Å². The van der Waals surface area contributed by atoms with E-state index in [1.807, 2.05) is 0 Å². The summed E-state index contributed by atoms with van der Waals surface area (Å²) in [6.07, 6.45) is -3.46. The number of aryl methyl sites for hydroxylation is 1. The van der Waals surface area contributed by atoms with E-state index in [-0.39, 0.29) is 6.54 Å². The number of benzene rings is 1. The van der Waals surface area contributed by atoms with Crippen molar-refractivity contribution in [2.75, 3.05) is 7.05 Å². The van der Waals surface area contributed by atoms with E-state index >= 15 is 0 Å². The molecular weight excluding hydrogens is 329 g/mol. The number of carboxylic acid groups (broad SMARTS) is 1. The number of alkyl halides is 3. The molecule has 0 spiro atoms. The second kappa shape index (κ2) is 6.30. The first kappa shape index (κ1) is 17.4. The molecular formula is C14H13F3N4O3. The molecule has 128 valence electrons. The second-order valence-electron chi connectivity index (χ2n) is 5.08. The summed E-state index contributed by atoms with van der Waals surface area (Å²) < 4.78 is 41.0. The van der Waals surface area contributed by atoms with Gasteiger partial charge in [-0.25, -0.2) is 4.79 Å². The average molecular weight is 342 g/mol. The van der Waals surface area contributed by atoms with Crippen LogP contribution in [0.5, 0.6) is 0 Å². The van der Waals surface area contributed by atoms with E-state index in [4.69, 9.17) is 5.11 Å². The predicted octanol–water partition coefficient (Wildman–Crippen LogP) is 1.80. The van der Waals surface area contributed by atoms with Gasteiger partial charge in [-0.15, -0.1) is 10.2 Å². The zero-order valence-corrected chi connectivity index (χ0v) is 12.7. The predicted molar refractivity (Wildman–Crippen MR) is 75.2 cm³/mol. The normalized spacial score (nSPS) is 11.4. The molecule has 7 nitrogen and oxygen atoms in total. The summed E-state index contributed by atoms with van der Waals surface area (Å²) in [5.41, 5.74) is -2.47. The van der Waals surface area contributed by atoms with Gasteiger partial charge >= 0.3 is 12.1 Å². The maximum absolute atomic E-state index is 13.2. The second-order valence-corrected chi connectivity index (χ2v) is 5.08. The number of carboxylic acids is 1. The minimum Gasteiger partial charge on any atom is -0.478 e. The van der Waals surface area contributed by atoms with Gasteiger partial charge in [0.1, 0.15) is 6.33 Å². The van der Waals surface area contributed by atoms with E-state index in [1.165, 1.54) is 17.9 Å². The molecule has 0 unspecified atom stereocenters. The van der Waals surface area contributed by atoms with Crippen LogP contribution in [0.1, 0.15) is 32.1 Å². The number of halogens is 3. The molecule has 0 saturated heterocycles. The van der Waals surface area contributed by atoms with Gasteiger partial charge in [0.05, 0.1) is 23.2 Å². The minimum atomic E-state index is -4.86. The fourth-order valence-electron chi connectivity index (χ4n) is 2.04.